The largest absolute Gasteiger partial charge is 0.299 e. The lowest BCUT2D eigenvalue weighted by atomic mass is 10.1. The zero-order valence-corrected chi connectivity index (χ0v) is 16.1. The average Bonchev–Trinajstić information content (AvgIpc) is 3.28. The molecule has 0 aliphatic heterocycles. The number of hydrogen-bond donors (Lipinski definition) is 1. The Hall–Kier alpha value is -3.06. The zero-order valence-electron chi connectivity index (χ0n) is 15.3. The SMILES string of the molecule is CCc1ccc(-n2[nH]cc(-c3nnn(Cc4cccc(C)c4)n3)c2=S)cc1. The van der Waals surface area contributed by atoms with Crippen LogP contribution in [0.5, 0.6) is 0 Å². The van der Waals surface area contributed by atoms with E-state index < -0.39 is 0 Å². The summed E-state index contributed by atoms with van der Waals surface area (Å²) in [5, 5.41) is 16.0. The van der Waals surface area contributed by atoms with Gasteiger partial charge in [-0.2, -0.15) is 4.80 Å². The van der Waals surface area contributed by atoms with Gasteiger partial charge < -0.3 is 0 Å². The molecule has 0 amide bonds. The van der Waals surface area contributed by atoms with E-state index in [1.165, 1.54) is 11.1 Å². The highest BCUT2D eigenvalue weighted by Crippen LogP contribution is 2.19. The van der Waals surface area contributed by atoms with E-state index >= 15 is 0 Å². The molecule has 0 spiro atoms. The van der Waals surface area contributed by atoms with Gasteiger partial charge in [-0.15, -0.1) is 10.2 Å². The zero-order chi connectivity index (χ0) is 18.8. The van der Waals surface area contributed by atoms with E-state index in [1.54, 1.807) is 4.80 Å². The van der Waals surface area contributed by atoms with Crippen LogP contribution in [0, 0.1) is 11.6 Å². The lowest BCUT2D eigenvalue weighted by Gasteiger charge is -2.03. The van der Waals surface area contributed by atoms with Crippen LogP contribution in [0.2, 0.25) is 0 Å². The number of aromatic amines is 1. The van der Waals surface area contributed by atoms with E-state index in [2.05, 4.69) is 76.8 Å². The van der Waals surface area contributed by atoms with Crippen LogP contribution in [0.4, 0.5) is 0 Å². The molecule has 4 aromatic rings. The van der Waals surface area contributed by atoms with Gasteiger partial charge in [0.15, 0.2) is 0 Å². The molecule has 27 heavy (non-hydrogen) atoms. The van der Waals surface area contributed by atoms with Gasteiger partial charge >= 0.3 is 0 Å². The number of hydrogen-bond acceptors (Lipinski definition) is 4. The molecule has 0 saturated heterocycles. The van der Waals surface area contributed by atoms with Crippen LogP contribution in [-0.4, -0.2) is 30.0 Å². The summed E-state index contributed by atoms with van der Waals surface area (Å²) in [6.45, 7) is 4.78. The quantitative estimate of drug-likeness (QED) is 0.533. The predicted octanol–water partition coefficient (Wildman–Crippen LogP) is 4.11. The van der Waals surface area contributed by atoms with E-state index in [-0.39, 0.29) is 0 Å². The Balaban J connectivity index is 1.60. The van der Waals surface area contributed by atoms with Crippen LogP contribution < -0.4 is 0 Å². The minimum Gasteiger partial charge on any atom is -0.299 e. The summed E-state index contributed by atoms with van der Waals surface area (Å²) in [4.78, 5) is 1.59. The molecule has 0 aliphatic rings. The molecule has 0 fully saturated rings. The number of H-pyrrole nitrogens is 1. The average molecular weight is 376 g/mol. The van der Waals surface area contributed by atoms with Gasteiger partial charge in [0, 0.05) is 6.20 Å². The first-order chi connectivity index (χ1) is 13.1. The van der Waals surface area contributed by atoms with Crippen molar-refractivity contribution < 1.29 is 0 Å². The first-order valence-corrected chi connectivity index (χ1v) is 9.28. The molecule has 2 aromatic carbocycles. The molecular weight excluding hydrogens is 356 g/mol. The number of aryl methyl sites for hydroxylation is 2. The number of nitrogens with one attached hydrogen (secondary N) is 1. The smallest absolute Gasteiger partial charge is 0.209 e. The minimum atomic E-state index is 0.521. The van der Waals surface area contributed by atoms with Crippen LogP contribution in [-0.2, 0) is 13.0 Å². The van der Waals surface area contributed by atoms with E-state index in [1.807, 2.05) is 16.9 Å². The number of benzene rings is 2. The van der Waals surface area contributed by atoms with Crippen LogP contribution in [0.1, 0.15) is 23.6 Å². The number of nitrogens with zero attached hydrogens (tertiary/aromatic N) is 5. The molecule has 2 aromatic heterocycles. The van der Waals surface area contributed by atoms with Crippen molar-refractivity contribution in [3.63, 3.8) is 0 Å². The second-order valence-electron chi connectivity index (χ2n) is 6.48. The molecule has 136 valence electrons. The van der Waals surface area contributed by atoms with E-state index in [0.717, 1.165) is 23.2 Å². The van der Waals surface area contributed by atoms with Gasteiger partial charge in [0.25, 0.3) is 0 Å². The van der Waals surface area contributed by atoms with E-state index in [9.17, 15) is 0 Å². The van der Waals surface area contributed by atoms with E-state index in [0.29, 0.717) is 17.0 Å². The van der Waals surface area contributed by atoms with Crippen molar-refractivity contribution in [1.29, 1.82) is 0 Å². The fourth-order valence-corrected chi connectivity index (χ4v) is 3.30. The van der Waals surface area contributed by atoms with Gasteiger partial charge in [-0.3, -0.25) is 5.10 Å². The number of tetrazole rings is 1. The summed E-state index contributed by atoms with van der Waals surface area (Å²) < 4.78 is 2.49. The maximum absolute atomic E-state index is 5.62. The molecule has 0 unspecified atom stereocenters. The van der Waals surface area contributed by atoms with Crippen LogP contribution in [0.15, 0.2) is 54.7 Å². The lowest BCUT2D eigenvalue weighted by Crippen LogP contribution is -2.04. The maximum Gasteiger partial charge on any atom is 0.209 e. The molecule has 6 nitrogen and oxygen atoms in total. The fourth-order valence-electron chi connectivity index (χ4n) is 2.99. The molecule has 0 bridgehead atoms. The molecule has 0 saturated carbocycles. The van der Waals surface area contributed by atoms with Gasteiger partial charge in [0.2, 0.25) is 5.82 Å². The fraction of sp³-hybridized carbons (Fsp3) is 0.200. The molecular formula is C20H20N6S. The van der Waals surface area contributed by atoms with Gasteiger partial charge in [-0.25, -0.2) is 4.68 Å². The van der Waals surface area contributed by atoms with Crippen LogP contribution >= 0.6 is 12.2 Å². The Kier molecular flexibility index (Phi) is 4.68. The second-order valence-corrected chi connectivity index (χ2v) is 6.87. The summed E-state index contributed by atoms with van der Waals surface area (Å²) in [7, 11) is 0. The standard InChI is InChI=1S/C20H20N6S/c1-3-15-7-9-17(10-8-15)26-20(27)18(12-21-26)19-22-24-25(23-19)13-16-6-4-5-14(2)11-16/h4-12,21H,3,13H2,1-2H3. The highest BCUT2D eigenvalue weighted by Gasteiger charge is 2.12. The Bertz CT molecular complexity index is 1120. The van der Waals surface area contributed by atoms with Crippen molar-refractivity contribution >= 4 is 12.2 Å². The molecule has 0 atom stereocenters. The first-order valence-electron chi connectivity index (χ1n) is 8.87. The third-order valence-corrected chi connectivity index (χ3v) is 4.88. The third kappa shape index (κ3) is 3.59. The Morgan fingerprint density at radius 3 is 2.63 bits per heavy atom. The molecule has 7 heteroatoms. The molecule has 2 heterocycles. The summed E-state index contributed by atoms with van der Waals surface area (Å²) in [5.74, 6) is 0.521. The maximum atomic E-state index is 5.62. The van der Waals surface area contributed by atoms with Crippen molar-refractivity contribution in [3.05, 3.63) is 76.1 Å². The predicted molar refractivity (Wildman–Crippen MR) is 107 cm³/mol. The Morgan fingerprint density at radius 2 is 1.89 bits per heavy atom. The number of rotatable bonds is 5. The second kappa shape index (κ2) is 7.28. The van der Waals surface area contributed by atoms with Crippen molar-refractivity contribution in [2.45, 2.75) is 26.8 Å². The molecule has 4 rings (SSSR count). The molecule has 1 N–H and O–H groups in total. The van der Waals surface area contributed by atoms with E-state index in [4.69, 9.17) is 12.2 Å². The summed E-state index contributed by atoms with van der Waals surface area (Å²) in [6, 6.07) is 16.6. The van der Waals surface area contributed by atoms with Gasteiger partial charge in [0.05, 0.1) is 17.8 Å². The summed E-state index contributed by atoms with van der Waals surface area (Å²) >= 11 is 5.62. The highest BCUT2D eigenvalue weighted by molar-refractivity contribution is 7.71. The lowest BCUT2D eigenvalue weighted by molar-refractivity contribution is 0.572. The minimum absolute atomic E-state index is 0.521. The van der Waals surface area contributed by atoms with Gasteiger partial charge in [0.1, 0.15) is 4.64 Å². The highest BCUT2D eigenvalue weighted by atomic mass is 32.1. The molecule has 0 radical (unpaired) electrons. The van der Waals surface area contributed by atoms with Crippen molar-refractivity contribution in [1.82, 2.24) is 30.0 Å². The molecule has 0 aliphatic carbocycles. The van der Waals surface area contributed by atoms with Crippen molar-refractivity contribution in [3.8, 4) is 17.1 Å². The third-order valence-electron chi connectivity index (χ3n) is 4.47. The number of aromatic nitrogens is 6. The summed E-state index contributed by atoms with van der Waals surface area (Å²) in [5.41, 5.74) is 5.38. The monoisotopic (exact) mass is 376 g/mol. The van der Waals surface area contributed by atoms with Crippen molar-refractivity contribution in [2.24, 2.45) is 0 Å². The Labute approximate surface area is 162 Å². The van der Waals surface area contributed by atoms with Crippen molar-refractivity contribution in [2.75, 3.05) is 0 Å². The summed E-state index contributed by atoms with van der Waals surface area (Å²) in [6.07, 6.45) is 2.83. The van der Waals surface area contributed by atoms with Gasteiger partial charge in [-0.1, -0.05) is 61.1 Å². The van der Waals surface area contributed by atoms with Gasteiger partial charge in [-0.05, 0) is 41.8 Å². The normalized spacial score (nSPS) is 11.0. The topological polar surface area (TPSA) is 64.3 Å². The Morgan fingerprint density at radius 1 is 1.07 bits per heavy atom. The van der Waals surface area contributed by atoms with Crippen LogP contribution in [0.3, 0.4) is 0 Å². The first kappa shape index (κ1) is 17.4. The van der Waals surface area contributed by atoms with Crippen LogP contribution in [0.25, 0.3) is 17.1 Å².